The second kappa shape index (κ2) is 10.5. The Morgan fingerprint density at radius 3 is 2.47 bits per heavy atom. The van der Waals surface area contributed by atoms with E-state index in [1.807, 2.05) is 0 Å². The zero-order chi connectivity index (χ0) is 26.8. The van der Waals surface area contributed by atoms with E-state index in [-0.39, 0.29) is 47.5 Å². The molecule has 1 aromatic carbocycles. The molecule has 0 aliphatic carbocycles. The van der Waals surface area contributed by atoms with E-state index in [4.69, 9.17) is 9.47 Å². The van der Waals surface area contributed by atoms with Crippen LogP contribution in [0, 0.1) is 16.0 Å². The van der Waals surface area contributed by atoms with Crippen molar-refractivity contribution >= 4 is 40.8 Å². The van der Waals surface area contributed by atoms with Gasteiger partial charge in [0.2, 0.25) is 11.8 Å². The van der Waals surface area contributed by atoms with Crippen molar-refractivity contribution in [3.8, 4) is 0 Å². The molecule has 14 heteroatoms. The Labute approximate surface area is 208 Å². The molecule has 2 heterocycles. The summed E-state index contributed by atoms with van der Waals surface area (Å²) in [4.78, 5) is 59.4. The maximum Gasteiger partial charge on any atom is 0.509 e. The molecule has 36 heavy (non-hydrogen) atoms. The first kappa shape index (κ1) is 26.9. The van der Waals surface area contributed by atoms with Crippen molar-refractivity contribution in [3.05, 3.63) is 50.5 Å². The van der Waals surface area contributed by atoms with E-state index in [0.717, 1.165) is 4.90 Å². The molecule has 2 N–H and O–H groups in total. The summed E-state index contributed by atoms with van der Waals surface area (Å²) in [5, 5.41) is 22.9. The summed E-state index contributed by atoms with van der Waals surface area (Å²) in [6.07, 6.45) is -1.05. The molecule has 13 nitrogen and oxygen atoms in total. The zero-order valence-corrected chi connectivity index (χ0v) is 20.5. The Kier molecular flexibility index (Phi) is 7.89. The highest BCUT2D eigenvalue weighted by molar-refractivity contribution is 7.95. The van der Waals surface area contributed by atoms with Crippen LogP contribution in [0.15, 0.2) is 34.9 Å². The quantitative estimate of drug-likeness (QED) is 0.149. The van der Waals surface area contributed by atoms with Crippen molar-refractivity contribution in [2.24, 2.45) is 5.92 Å². The van der Waals surface area contributed by atoms with Crippen LogP contribution in [0.3, 0.4) is 0 Å². The number of non-ortho nitro benzene ring substituents is 1. The number of fused-ring (bicyclic) bond motifs is 1. The third-order valence-electron chi connectivity index (χ3n) is 5.86. The number of hydrogen-bond donors (Lipinski definition) is 2. The van der Waals surface area contributed by atoms with E-state index in [1.54, 1.807) is 0 Å². The summed E-state index contributed by atoms with van der Waals surface area (Å²) >= 11 is -1.74. The van der Waals surface area contributed by atoms with Gasteiger partial charge in [0.25, 0.3) is 5.69 Å². The van der Waals surface area contributed by atoms with E-state index in [0.29, 0.717) is 5.56 Å². The van der Waals surface area contributed by atoms with E-state index in [2.05, 4.69) is 5.32 Å². The lowest BCUT2D eigenvalue weighted by Crippen LogP contribution is -2.66. The van der Waals surface area contributed by atoms with E-state index < -0.39 is 51.7 Å². The third kappa shape index (κ3) is 5.60. The Morgan fingerprint density at radius 2 is 1.92 bits per heavy atom. The number of carboxylic acids is 1. The maximum atomic E-state index is 12.9. The fraction of sp³-hybridized carbons (Fsp3) is 0.455. The second-order valence-electron chi connectivity index (χ2n) is 8.73. The van der Waals surface area contributed by atoms with Crippen LogP contribution < -0.4 is 5.32 Å². The molecule has 3 atom stereocenters. The molecule has 1 aromatic rings. The van der Waals surface area contributed by atoms with Crippen LogP contribution in [0.5, 0.6) is 0 Å². The van der Waals surface area contributed by atoms with Crippen LogP contribution in [0.4, 0.5) is 10.5 Å². The maximum absolute atomic E-state index is 12.9. The van der Waals surface area contributed by atoms with Gasteiger partial charge in [0, 0.05) is 25.5 Å². The molecule has 1 saturated heterocycles. The zero-order valence-electron chi connectivity index (χ0n) is 19.7. The van der Waals surface area contributed by atoms with Crippen molar-refractivity contribution < 1.29 is 43.2 Å². The van der Waals surface area contributed by atoms with Crippen molar-refractivity contribution in [1.82, 2.24) is 10.2 Å². The lowest BCUT2D eigenvalue weighted by atomic mass is 9.76. The molecule has 1 unspecified atom stereocenters. The summed E-state index contributed by atoms with van der Waals surface area (Å²) < 4.78 is 23.2. The number of rotatable bonds is 10. The lowest BCUT2D eigenvalue weighted by Gasteiger charge is -2.48. The van der Waals surface area contributed by atoms with Crippen molar-refractivity contribution in [2.75, 3.05) is 12.3 Å². The fourth-order valence-corrected chi connectivity index (χ4v) is 5.53. The lowest BCUT2D eigenvalue weighted by molar-refractivity contribution is -0.384. The molecule has 2 aliphatic rings. The number of carbonyl (C=O) groups is 4. The largest absolute Gasteiger partial charge is 0.612 e. The number of benzene rings is 1. The summed E-state index contributed by atoms with van der Waals surface area (Å²) in [6, 6.07) is 4.71. The number of amides is 2. The monoisotopic (exact) mass is 523 g/mol. The van der Waals surface area contributed by atoms with Crippen LogP contribution >= 0.6 is 0 Å². The standard InChI is InChI=1S/C22H25N3O10S/c1-12(26)23-8-9-36(33)16-10-15-17(19(27)24(15)18(16)20(28)29)22(2,3)35-21(30)34-11-13-4-6-14(7-5-13)25(31)32/h4-7,15,17H,8-11H2,1-3H3,(H,23,26)(H,28,29)/t15-,17-,36?/m1/s1. The third-order valence-corrected chi connectivity index (χ3v) is 7.34. The van der Waals surface area contributed by atoms with Crippen LogP contribution in [-0.4, -0.2) is 67.4 Å². The van der Waals surface area contributed by atoms with E-state index in [1.165, 1.54) is 45.0 Å². The number of ether oxygens (including phenoxy) is 2. The number of aliphatic carboxylic acids is 1. The minimum atomic E-state index is -1.74. The molecule has 3 rings (SSSR count). The normalized spacial score (nSPS) is 19.8. The molecule has 194 valence electrons. The molecule has 2 amide bonds. The number of nitrogens with one attached hydrogen (secondary N) is 1. The summed E-state index contributed by atoms with van der Waals surface area (Å²) in [6.45, 7) is 4.14. The number of carboxylic acid groups (broad SMARTS) is 1. The highest BCUT2D eigenvalue weighted by Gasteiger charge is 2.63. The smallest absolute Gasteiger partial charge is 0.509 e. The number of nitro benzene ring substituents is 1. The fourth-order valence-electron chi connectivity index (χ4n) is 4.24. The predicted octanol–water partition coefficient (Wildman–Crippen LogP) is 1.44. The van der Waals surface area contributed by atoms with Crippen LogP contribution in [0.1, 0.15) is 32.8 Å². The van der Waals surface area contributed by atoms with Crippen molar-refractivity contribution in [2.45, 2.75) is 45.4 Å². The number of nitrogens with zero attached hydrogens (tertiary/aromatic N) is 2. The van der Waals surface area contributed by atoms with Crippen molar-refractivity contribution in [1.29, 1.82) is 0 Å². The second-order valence-corrected chi connectivity index (χ2v) is 10.3. The molecular weight excluding hydrogens is 498 g/mol. The van der Waals surface area contributed by atoms with Gasteiger partial charge in [0.1, 0.15) is 18.0 Å². The highest BCUT2D eigenvalue weighted by Crippen LogP contribution is 2.48. The molecule has 0 saturated carbocycles. The first-order valence-electron chi connectivity index (χ1n) is 10.8. The summed E-state index contributed by atoms with van der Waals surface area (Å²) in [5.41, 5.74) is -1.35. The topological polar surface area (TPSA) is 188 Å². The van der Waals surface area contributed by atoms with Gasteiger partial charge in [-0.2, -0.15) is 0 Å². The van der Waals surface area contributed by atoms with Crippen LogP contribution in [0.25, 0.3) is 0 Å². The summed E-state index contributed by atoms with van der Waals surface area (Å²) in [7, 11) is 0. The Balaban J connectivity index is 1.63. The van der Waals surface area contributed by atoms with Gasteiger partial charge < -0.3 is 24.4 Å². The molecule has 0 aromatic heterocycles. The number of hydrogen-bond acceptors (Lipinski definition) is 9. The van der Waals surface area contributed by atoms with Crippen LogP contribution in [-0.2, 0) is 41.6 Å². The molecule has 1 fully saturated rings. The van der Waals surface area contributed by atoms with Gasteiger partial charge in [0.15, 0.2) is 10.6 Å². The average Bonchev–Trinajstić information content (AvgIpc) is 3.12. The number of nitro groups is 1. The first-order chi connectivity index (χ1) is 16.8. The van der Waals surface area contributed by atoms with Crippen LogP contribution in [0.2, 0.25) is 0 Å². The van der Waals surface area contributed by atoms with Gasteiger partial charge in [-0.15, -0.1) is 0 Å². The minimum Gasteiger partial charge on any atom is -0.612 e. The van der Waals surface area contributed by atoms with E-state index in [9.17, 15) is 39.0 Å². The highest BCUT2D eigenvalue weighted by atomic mass is 32.2. The van der Waals surface area contributed by atoms with Gasteiger partial charge >= 0.3 is 12.1 Å². The molecular formula is C22H25N3O10S. The van der Waals surface area contributed by atoms with Gasteiger partial charge in [0.05, 0.1) is 23.4 Å². The SMILES string of the molecule is CC(=O)NCC[S+]([O-])C1=C(C(=O)O)N2C(=O)[C@H](C(C)(C)OC(=O)OCc3ccc([N+](=O)[O-])cc3)[C@H]2C1. The minimum absolute atomic E-state index is 0.0139. The number of β-lactam (4-membered cyclic amide) rings is 1. The Bertz CT molecular complexity index is 1120. The van der Waals surface area contributed by atoms with Gasteiger partial charge in [-0.1, -0.05) is 0 Å². The van der Waals surface area contributed by atoms with Crippen molar-refractivity contribution in [3.63, 3.8) is 0 Å². The molecule has 0 spiro atoms. The molecule has 0 bridgehead atoms. The van der Waals surface area contributed by atoms with Gasteiger partial charge in [-0.3, -0.25) is 24.6 Å². The van der Waals surface area contributed by atoms with Gasteiger partial charge in [-0.25, -0.2) is 9.59 Å². The average molecular weight is 524 g/mol. The Hall–Kier alpha value is -3.65. The first-order valence-corrected chi connectivity index (χ1v) is 12.2. The molecule has 0 radical (unpaired) electrons. The predicted molar refractivity (Wildman–Crippen MR) is 124 cm³/mol. The molecule has 2 aliphatic heterocycles. The van der Waals surface area contributed by atoms with E-state index >= 15 is 0 Å². The van der Waals surface area contributed by atoms with Gasteiger partial charge in [-0.05, 0) is 42.7 Å². The Morgan fingerprint density at radius 1 is 1.28 bits per heavy atom. The summed E-state index contributed by atoms with van der Waals surface area (Å²) in [5.74, 6) is -3.21. The number of carbonyl (C=O) groups excluding carboxylic acids is 3.